The number of fused-ring (bicyclic) bond motifs is 1. The van der Waals surface area contributed by atoms with Gasteiger partial charge in [0, 0.05) is 24.0 Å². The van der Waals surface area contributed by atoms with Crippen molar-refractivity contribution in [1.29, 1.82) is 0 Å². The molecule has 0 radical (unpaired) electrons. The number of aryl methyl sites for hydroxylation is 1. The highest BCUT2D eigenvalue weighted by molar-refractivity contribution is 5.79. The van der Waals surface area contributed by atoms with Crippen LogP contribution in [0.5, 0.6) is 11.5 Å². The van der Waals surface area contributed by atoms with Crippen LogP contribution in [0.25, 0.3) is 5.65 Å². The van der Waals surface area contributed by atoms with Gasteiger partial charge in [0.05, 0.1) is 25.9 Å². The van der Waals surface area contributed by atoms with Crippen LogP contribution in [0.1, 0.15) is 23.9 Å². The Morgan fingerprint density at radius 1 is 1.23 bits per heavy atom. The van der Waals surface area contributed by atoms with E-state index >= 15 is 0 Å². The molecule has 1 aromatic carbocycles. The number of nitrogens with zero attached hydrogens (tertiary/aromatic N) is 3. The zero-order valence-electron chi connectivity index (χ0n) is 17.2. The summed E-state index contributed by atoms with van der Waals surface area (Å²) >= 11 is 0. The van der Waals surface area contributed by atoms with Gasteiger partial charge in [0.1, 0.15) is 17.1 Å². The number of ether oxygens (including phenoxy) is 2. The van der Waals surface area contributed by atoms with Gasteiger partial charge < -0.3 is 24.5 Å². The number of aliphatic imine (C=N–C) groups is 1. The lowest BCUT2D eigenvalue weighted by molar-refractivity contribution is -0.0504. The van der Waals surface area contributed by atoms with E-state index < -0.39 is 6.61 Å². The Kier molecular flexibility index (Phi) is 7.05. The molecule has 2 heterocycles. The van der Waals surface area contributed by atoms with Crippen LogP contribution in [0, 0.1) is 6.92 Å². The zero-order valence-corrected chi connectivity index (χ0v) is 17.2. The molecule has 7 nitrogen and oxygen atoms in total. The molecule has 2 N–H and O–H groups in total. The smallest absolute Gasteiger partial charge is 0.387 e. The molecule has 0 saturated heterocycles. The number of hydrogen-bond acceptors (Lipinski definition) is 4. The minimum Gasteiger partial charge on any atom is -0.497 e. The summed E-state index contributed by atoms with van der Waals surface area (Å²) in [5.41, 5.74) is 3.32. The van der Waals surface area contributed by atoms with Crippen molar-refractivity contribution in [3.8, 4) is 11.5 Å². The number of methoxy groups -OCH3 is 1. The van der Waals surface area contributed by atoms with E-state index in [9.17, 15) is 8.78 Å². The standard InChI is InChI=1S/C21H25F2N5O2/c1-4-24-21(26-12-16-13-28-14(2)6-5-7-19(28)27-16)25-11-15-10-17(29-3)8-9-18(15)30-20(22)23/h5-10,13,20H,4,11-12H2,1-3H3,(H2,24,25,26). The van der Waals surface area contributed by atoms with Crippen molar-refractivity contribution in [2.75, 3.05) is 13.7 Å². The van der Waals surface area contributed by atoms with Crippen molar-refractivity contribution < 1.29 is 18.3 Å². The topological polar surface area (TPSA) is 72.2 Å². The van der Waals surface area contributed by atoms with Crippen LogP contribution in [0.3, 0.4) is 0 Å². The summed E-state index contributed by atoms with van der Waals surface area (Å²) in [6.07, 6.45) is 1.97. The lowest BCUT2D eigenvalue weighted by atomic mass is 10.2. The van der Waals surface area contributed by atoms with Gasteiger partial charge in [0.2, 0.25) is 0 Å². The second kappa shape index (κ2) is 9.91. The molecule has 9 heteroatoms. The molecule has 0 bridgehead atoms. The molecule has 0 unspecified atom stereocenters. The van der Waals surface area contributed by atoms with Gasteiger partial charge in [0.25, 0.3) is 0 Å². The predicted molar refractivity (Wildman–Crippen MR) is 111 cm³/mol. The van der Waals surface area contributed by atoms with Gasteiger partial charge >= 0.3 is 6.61 Å². The minimum absolute atomic E-state index is 0.0706. The summed E-state index contributed by atoms with van der Waals surface area (Å²) < 4.78 is 37.2. The quantitative estimate of drug-likeness (QED) is 0.434. The van der Waals surface area contributed by atoms with Gasteiger partial charge in [-0.15, -0.1) is 0 Å². The number of aromatic nitrogens is 2. The Balaban J connectivity index is 1.74. The third-order valence-electron chi connectivity index (χ3n) is 4.42. The Morgan fingerprint density at radius 3 is 2.77 bits per heavy atom. The minimum atomic E-state index is -2.91. The first kappa shape index (κ1) is 21.4. The molecule has 2 aromatic heterocycles. The summed E-state index contributed by atoms with van der Waals surface area (Å²) in [5, 5.41) is 6.36. The number of guanidine groups is 1. The number of rotatable bonds is 8. The Hall–Kier alpha value is -3.36. The van der Waals surface area contributed by atoms with Crippen molar-refractivity contribution >= 4 is 11.6 Å². The molecule has 3 rings (SSSR count). The highest BCUT2D eigenvalue weighted by atomic mass is 19.3. The van der Waals surface area contributed by atoms with Crippen LogP contribution < -0.4 is 20.1 Å². The Bertz CT molecular complexity index is 1020. The van der Waals surface area contributed by atoms with E-state index in [4.69, 9.17) is 4.74 Å². The van der Waals surface area contributed by atoms with Gasteiger partial charge in [0.15, 0.2) is 5.96 Å². The van der Waals surface area contributed by atoms with Crippen molar-refractivity contribution in [1.82, 2.24) is 20.0 Å². The van der Waals surface area contributed by atoms with Gasteiger partial charge in [-0.05, 0) is 44.2 Å². The SMILES string of the molecule is CCNC(=NCc1cc(OC)ccc1OC(F)F)NCc1cn2c(C)cccc2n1. The van der Waals surface area contributed by atoms with E-state index in [1.165, 1.54) is 13.2 Å². The number of hydrogen-bond donors (Lipinski definition) is 2. The van der Waals surface area contributed by atoms with Crippen molar-refractivity contribution in [3.63, 3.8) is 0 Å². The van der Waals surface area contributed by atoms with Crippen molar-refractivity contribution in [2.45, 2.75) is 33.5 Å². The third-order valence-corrected chi connectivity index (χ3v) is 4.42. The Labute approximate surface area is 173 Å². The summed E-state index contributed by atoms with van der Waals surface area (Å²) in [7, 11) is 1.51. The molecule has 0 atom stereocenters. The molecule has 0 aliphatic carbocycles. The van der Waals surface area contributed by atoms with Gasteiger partial charge in [-0.3, -0.25) is 0 Å². The van der Waals surface area contributed by atoms with Gasteiger partial charge in [-0.1, -0.05) is 6.07 Å². The normalized spacial score (nSPS) is 11.7. The molecular weight excluding hydrogens is 392 g/mol. The summed E-state index contributed by atoms with van der Waals surface area (Å²) in [5.74, 6) is 1.15. The maximum atomic E-state index is 12.7. The number of imidazole rings is 1. The fourth-order valence-electron chi connectivity index (χ4n) is 2.98. The van der Waals surface area contributed by atoms with Crippen molar-refractivity contribution in [2.24, 2.45) is 4.99 Å². The van der Waals surface area contributed by atoms with E-state index in [2.05, 4.69) is 25.3 Å². The van der Waals surface area contributed by atoms with E-state index in [1.54, 1.807) is 12.1 Å². The van der Waals surface area contributed by atoms with E-state index in [1.807, 2.05) is 42.6 Å². The number of nitrogens with one attached hydrogen (secondary N) is 2. The molecule has 30 heavy (non-hydrogen) atoms. The lowest BCUT2D eigenvalue weighted by Crippen LogP contribution is -2.36. The molecular formula is C21H25F2N5O2. The number of benzene rings is 1. The highest BCUT2D eigenvalue weighted by Crippen LogP contribution is 2.26. The predicted octanol–water partition coefficient (Wildman–Crippen LogP) is 3.51. The van der Waals surface area contributed by atoms with Gasteiger partial charge in [-0.2, -0.15) is 8.78 Å². The maximum Gasteiger partial charge on any atom is 0.387 e. The third kappa shape index (κ3) is 5.37. The number of alkyl halides is 2. The summed E-state index contributed by atoms with van der Waals surface area (Å²) in [4.78, 5) is 9.08. The van der Waals surface area contributed by atoms with Crippen LogP contribution in [0.15, 0.2) is 47.6 Å². The zero-order chi connectivity index (χ0) is 21.5. The fraction of sp³-hybridized carbons (Fsp3) is 0.333. The van der Waals surface area contributed by atoms with Crippen LogP contribution >= 0.6 is 0 Å². The van der Waals surface area contributed by atoms with Crippen LogP contribution in [0.4, 0.5) is 8.78 Å². The average Bonchev–Trinajstić information content (AvgIpc) is 3.15. The Morgan fingerprint density at radius 2 is 2.07 bits per heavy atom. The molecule has 3 aromatic rings. The van der Waals surface area contributed by atoms with E-state index in [0.717, 1.165) is 17.0 Å². The molecule has 0 fully saturated rings. The molecule has 160 valence electrons. The molecule has 0 aliphatic heterocycles. The second-order valence-electron chi connectivity index (χ2n) is 6.53. The molecule has 0 amide bonds. The van der Waals surface area contributed by atoms with Crippen molar-refractivity contribution in [3.05, 3.63) is 59.5 Å². The van der Waals surface area contributed by atoms with Crippen LogP contribution in [-0.2, 0) is 13.1 Å². The highest BCUT2D eigenvalue weighted by Gasteiger charge is 2.11. The lowest BCUT2D eigenvalue weighted by Gasteiger charge is -2.13. The first-order chi connectivity index (χ1) is 14.5. The largest absolute Gasteiger partial charge is 0.497 e. The van der Waals surface area contributed by atoms with Crippen LogP contribution in [0.2, 0.25) is 0 Å². The van der Waals surface area contributed by atoms with Crippen LogP contribution in [-0.4, -0.2) is 35.6 Å². The number of halogens is 2. The second-order valence-corrected chi connectivity index (χ2v) is 6.53. The number of pyridine rings is 1. The van der Waals surface area contributed by atoms with E-state index in [0.29, 0.717) is 30.4 Å². The maximum absolute atomic E-state index is 12.7. The average molecular weight is 417 g/mol. The summed E-state index contributed by atoms with van der Waals surface area (Å²) in [6, 6.07) is 10.6. The molecule has 0 spiro atoms. The first-order valence-corrected chi connectivity index (χ1v) is 9.57. The monoisotopic (exact) mass is 417 g/mol. The molecule has 0 saturated carbocycles. The fourth-order valence-corrected chi connectivity index (χ4v) is 2.98. The van der Waals surface area contributed by atoms with E-state index in [-0.39, 0.29) is 12.3 Å². The summed E-state index contributed by atoms with van der Waals surface area (Å²) in [6.45, 7) is 2.30. The molecule has 0 aliphatic rings. The first-order valence-electron chi connectivity index (χ1n) is 9.57. The van der Waals surface area contributed by atoms with Gasteiger partial charge in [-0.25, -0.2) is 9.98 Å².